The van der Waals surface area contributed by atoms with Crippen molar-refractivity contribution < 1.29 is 24.2 Å². The largest absolute Gasteiger partial charge is 0.393 e. The van der Waals surface area contributed by atoms with E-state index >= 15 is 0 Å². The van der Waals surface area contributed by atoms with Crippen LogP contribution in [0, 0.1) is 0 Å². The highest BCUT2D eigenvalue weighted by Crippen LogP contribution is 2.22. The predicted octanol–water partition coefficient (Wildman–Crippen LogP) is 2.39. The van der Waals surface area contributed by atoms with Gasteiger partial charge in [-0.2, -0.15) is 15.0 Å². The Morgan fingerprint density at radius 3 is 2.16 bits per heavy atom. The molecule has 3 aromatic rings. The summed E-state index contributed by atoms with van der Waals surface area (Å²) >= 11 is 0. The molecule has 13 nitrogen and oxygen atoms in total. The first kappa shape index (κ1) is 33.7. The summed E-state index contributed by atoms with van der Waals surface area (Å²) in [5, 5.41) is 22.7. The molecule has 1 saturated carbocycles. The summed E-state index contributed by atoms with van der Waals surface area (Å²) < 4.78 is 10.7. The molecule has 1 amide bonds. The van der Waals surface area contributed by atoms with E-state index in [1.54, 1.807) is 24.3 Å². The smallest absolute Gasteiger partial charge is 0.251 e. The summed E-state index contributed by atoms with van der Waals surface area (Å²) in [7, 11) is 0. The average molecular weight is 621 g/mol. The summed E-state index contributed by atoms with van der Waals surface area (Å²) in [5.41, 5.74) is 8.62. The van der Waals surface area contributed by atoms with Crippen molar-refractivity contribution in [3.8, 4) is 0 Å². The fourth-order valence-electron chi connectivity index (χ4n) is 4.78. The van der Waals surface area contributed by atoms with Crippen LogP contribution in [0.2, 0.25) is 0 Å². The van der Waals surface area contributed by atoms with E-state index in [0.717, 1.165) is 49.5 Å². The van der Waals surface area contributed by atoms with Gasteiger partial charge < -0.3 is 41.6 Å². The Bertz CT molecular complexity index is 1320. The Balaban J connectivity index is 1.29. The highest BCUT2D eigenvalue weighted by atomic mass is 16.5. The number of carbonyl (C=O) groups is 2. The maximum absolute atomic E-state index is 12.5. The van der Waals surface area contributed by atoms with Crippen molar-refractivity contribution in [3.05, 3.63) is 70.8 Å². The molecule has 1 aromatic heterocycles. The first-order chi connectivity index (χ1) is 22.0. The van der Waals surface area contributed by atoms with E-state index in [2.05, 4.69) is 36.2 Å². The van der Waals surface area contributed by atoms with Gasteiger partial charge in [-0.05, 0) is 55.4 Å². The van der Waals surface area contributed by atoms with Crippen LogP contribution < -0.4 is 27.0 Å². The summed E-state index contributed by atoms with van der Waals surface area (Å²) in [6.07, 6.45) is 4.48. The van der Waals surface area contributed by atoms with E-state index in [0.29, 0.717) is 81.6 Å². The van der Waals surface area contributed by atoms with E-state index in [4.69, 9.17) is 15.2 Å². The molecule has 1 aliphatic rings. The Morgan fingerprint density at radius 1 is 0.822 bits per heavy atom. The number of amides is 1. The number of hydrogen-bond acceptors (Lipinski definition) is 12. The first-order valence-corrected chi connectivity index (χ1v) is 15.5. The Kier molecular flexibility index (Phi) is 13.9. The minimum atomic E-state index is -0.250. The fraction of sp³-hybridized carbons (Fsp3) is 0.469. The number of carbonyl (C=O) groups excluding carboxylic acids is 2. The summed E-state index contributed by atoms with van der Waals surface area (Å²) in [6.45, 7) is 3.76. The molecular formula is C32H44N8O5. The van der Waals surface area contributed by atoms with Crippen molar-refractivity contribution in [3.63, 3.8) is 0 Å². The predicted molar refractivity (Wildman–Crippen MR) is 173 cm³/mol. The van der Waals surface area contributed by atoms with Gasteiger partial charge in [0.2, 0.25) is 17.8 Å². The molecule has 2 aromatic carbocycles. The monoisotopic (exact) mass is 620 g/mol. The number of aliphatic hydroxyl groups excluding tert-OH is 1. The van der Waals surface area contributed by atoms with Gasteiger partial charge in [0.05, 0.1) is 32.5 Å². The minimum Gasteiger partial charge on any atom is -0.393 e. The second-order valence-electron chi connectivity index (χ2n) is 10.8. The van der Waals surface area contributed by atoms with Gasteiger partial charge in [0.1, 0.15) is 6.29 Å². The first-order valence-electron chi connectivity index (χ1n) is 15.5. The molecule has 0 spiro atoms. The average Bonchev–Trinajstić information content (AvgIpc) is 3.06. The summed E-state index contributed by atoms with van der Waals surface area (Å²) in [5.74, 6) is 1.15. The van der Waals surface area contributed by atoms with Gasteiger partial charge in [-0.3, -0.25) is 9.59 Å². The molecule has 0 aliphatic heterocycles. The van der Waals surface area contributed by atoms with Crippen molar-refractivity contribution in [2.75, 3.05) is 62.0 Å². The van der Waals surface area contributed by atoms with Crippen molar-refractivity contribution in [2.24, 2.45) is 5.73 Å². The minimum absolute atomic E-state index is 0.170. The fourth-order valence-corrected chi connectivity index (χ4v) is 4.78. The van der Waals surface area contributed by atoms with Crippen LogP contribution in [0.3, 0.4) is 0 Å². The quantitative estimate of drug-likeness (QED) is 0.0850. The number of nitrogens with zero attached hydrogens (tertiary/aromatic N) is 3. The number of nitrogens with two attached hydrogens (primary N) is 1. The highest BCUT2D eigenvalue weighted by Gasteiger charge is 2.20. The third-order valence-corrected chi connectivity index (χ3v) is 7.31. The van der Waals surface area contributed by atoms with Crippen molar-refractivity contribution in [1.29, 1.82) is 0 Å². The van der Waals surface area contributed by atoms with Gasteiger partial charge in [0.15, 0.2) is 0 Å². The molecule has 1 fully saturated rings. The topological polar surface area (TPSA) is 186 Å². The third kappa shape index (κ3) is 12.0. The number of rotatable bonds is 19. The van der Waals surface area contributed by atoms with Crippen LogP contribution in [0.5, 0.6) is 0 Å². The third-order valence-electron chi connectivity index (χ3n) is 7.31. The van der Waals surface area contributed by atoms with E-state index in [1.807, 2.05) is 24.3 Å². The number of benzene rings is 2. The molecule has 7 N–H and O–H groups in total. The number of ether oxygens (including phenoxy) is 2. The van der Waals surface area contributed by atoms with E-state index in [-0.39, 0.29) is 18.1 Å². The zero-order chi connectivity index (χ0) is 31.7. The summed E-state index contributed by atoms with van der Waals surface area (Å²) in [4.78, 5) is 37.2. The van der Waals surface area contributed by atoms with E-state index in [9.17, 15) is 14.7 Å². The molecule has 45 heavy (non-hydrogen) atoms. The highest BCUT2D eigenvalue weighted by molar-refractivity contribution is 5.94. The molecule has 0 unspecified atom stereocenters. The second kappa shape index (κ2) is 18.6. The molecule has 1 heterocycles. The molecule has 0 bridgehead atoms. The standard InChI is InChI=1S/C32H44N8O5/c33-14-17-44-19-20-45-18-16-34-29(43)26-7-5-24(6-8-26)21-36-31-38-30(35-15-13-23-1-3-25(22-41)4-2-23)39-32(40-31)37-27-9-11-28(42)12-10-27/h1-8,22,27-28,42H,9-21,33H2,(H,34,43)(H3,35,36,37,38,39,40). The number of nitrogens with one attached hydrogen (secondary N) is 4. The van der Waals surface area contributed by atoms with Gasteiger partial charge in [0, 0.05) is 43.3 Å². The number of anilines is 3. The van der Waals surface area contributed by atoms with Crippen molar-refractivity contribution >= 4 is 30.0 Å². The molecule has 242 valence electrons. The van der Waals surface area contributed by atoms with Gasteiger partial charge in [-0.15, -0.1) is 0 Å². The molecule has 0 atom stereocenters. The lowest BCUT2D eigenvalue weighted by Crippen LogP contribution is -2.29. The van der Waals surface area contributed by atoms with Crippen LogP contribution in [0.15, 0.2) is 48.5 Å². The number of aldehydes is 1. The second-order valence-corrected chi connectivity index (χ2v) is 10.8. The molecule has 13 heteroatoms. The van der Waals surface area contributed by atoms with Crippen molar-refractivity contribution in [2.45, 2.75) is 50.8 Å². The van der Waals surface area contributed by atoms with Crippen LogP contribution in [0.1, 0.15) is 57.5 Å². The van der Waals surface area contributed by atoms with Crippen LogP contribution in [0.4, 0.5) is 17.8 Å². The van der Waals surface area contributed by atoms with Gasteiger partial charge in [-0.25, -0.2) is 0 Å². The van der Waals surface area contributed by atoms with Crippen LogP contribution >= 0.6 is 0 Å². The SMILES string of the molecule is NCCOCCOCCNC(=O)c1ccc(CNc2nc(NCCc3ccc(C=O)cc3)nc(NC3CCC(O)CC3)n2)cc1. The summed E-state index contributed by atoms with van der Waals surface area (Å²) in [6, 6.07) is 15.0. The lowest BCUT2D eigenvalue weighted by atomic mass is 9.93. The van der Waals surface area contributed by atoms with Crippen LogP contribution in [0.25, 0.3) is 0 Å². The van der Waals surface area contributed by atoms with E-state index in [1.165, 1.54) is 0 Å². The maximum atomic E-state index is 12.5. The van der Waals surface area contributed by atoms with Gasteiger partial charge in [0.25, 0.3) is 5.91 Å². The molecule has 1 aliphatic carbocycles. The Morgan fingerprint density at radius 2 is 1.47 bits per heavy atom. The maximum Gasteiger partial charge on any atom is 0.251 e. The molecule has 0 saturated heterocycles. The molecular weight excluding hydrogens is 576 g/mol. The van der Waals surface area contributed by atoms with Crippen LogP contribution in [-0.4, -0.2) is 90.5 Å². The number of aliphatic hydroxyl groups is 1. The Labute approximate surface area is 263 Å². The van der Waals surface area contributed by atoms with Gasteiger partial charge in [-0.1, -0.05) is 36.4 Å². The lowest BCUT2D eigenvalue weighted by Gasteiger charge is -2.26. The molecule has 0 radical (unpaired) electrons. The Hall–Kier alpha value is -4.17. The van der Waals surface area contributed by atoms with Crippen molar-refractivity contribution in [1.82, 2.24) is 20.3 Å². The number of aromatic nitrogens is 3. The van der Waals surface area contributed by atoms with Crippen LogP contribution in [-0.2, 0) is 22.4 Å². The molecule has 4 rings (SSSR count). The number of hydrogen-bond donors (Lipinski definition) is 6. The van der Waals surface area contributed by atoms with E-state index < -0.39 is 0 Å². The zero-order valence-corrected chi connectivity index (χ0v) is 25.5. The zero-order valence-electron chi connectivity index (χ0n) is 25.5. The lowest BCUT2D eigenvalue weighted by molar-refractivity contribution is 0.0511. The normalized spacial score (nSPS) is 16.1. The van der Waals surface area contributed by atoms with Gasteiger partial charge >= 0.3 is 0 Å².